The third-order valence-electron chi connectivity index (χ3n) is 2.77. The van der Waals surface area contributed by atoms with Gasteiger partial charge in [-0.2, -0.15) is 0 Å². The quantitative estimate of drug-likeness (QED) is 0.777. The third-order valence-corrected chi connectivity index (χ3v) is 3.36. The summed E-state index contributed by atoms with van der Waals surface area (Å²) in [6.45, 7) is 8.47. The number of ether oxygens (including phenoxy) is 2. The van der Waals surface area contributed by atoms with E-state index in [0.29, 0.717) is 18.1 Å². The van der Waals surface area contributed by atoms with Crippen LogP contribution in [0.4, 0.5) is 0 Å². The molecule has 1 atom stereocenters. The average Bonchev–Trinajstić information content (AvgIpc) is 2.35. The Bertz CT molecular complexity index is 444. The zero-order chi connectivity index (χ0) is 14.4. The Balaban J connectivity index is 2.94. The highest BCUT2D eigenvalue weighted by molar-refractivity contribution is 9.10. The van der Waals surface area contributed by atoms with E-state index >= 15 is 0 Å². The van der Waals surface area contributed by atoms with Crippen molar-refractivity contribution in [2.45, 2.75) is 32.7 Å². The molecule has 19 heavy (non-hydrogen) atoms. The topological polar surface area (TPSA) is 44.5 Å². The molecule has 0 aliphatic carbocycles. The second-order valence-electron chi connectivity index (χ2n) is 4.68. The number of methoxy groups -OCH3 is 1. The Morgan fingerprint density at radius 2 is 2.16 bits per heavy atom. The third kappa shape index (κ3) is 4.88. The lowest BCUT2D eigenvalue weighted by molar-refractivity contribution is 0.315. The predicted molar refractivity (Wildman–Crippen MR) is 83.0 cm³/mol. The summed E-state index contributed by atoms with van der Waals surface area (Å²) >= 11 is 3.53. The molecule has 0 saturated heterocycles. The molecule has 0 radical (unpaired) electrons. The first-order chi connectivity index (χ1) is 8.97. The molecule has 0 fully saturated rings. The van der Waals surface area contributed by atoms with Gasteiger partial charge in [-0.3, -0.25) is 0 Å². The highest BCUT2D eigenvalue weighted by Gasteiger charge is 2.12. The van der Waals surface area contributed by atoms with Gasteiger partial charge in [-0.25, -0.2) is 0 Å². The maximum Gasteiger partial charge on any atom is 0.175 e. The molecular formula is C15H22BrNO2. The summed E-state index contributed by atoms with van der Waals surface area (Å²) in [7, 11) is 1.64. The largest absolute Gasteiger partial charge is 0.493 e. The highest BCUT2D eigenvalue weighted by Crippen LogP contribution is 2.37. The molecule has 1 aromatic carbocycles. The smallest absolute Gasteiger partial charge is 0.175 e. The summed E-state index contributed by atoms with van der Waals surface area (Å²) in [5, 5.41) is 0. The zero-order valence-corrected chi connectivity index (χ0v) is 13.4. The summed E-state index contributed by atoms with van der Waals surface area (Å²) in [5.41, 5.74) is 8.00. The van der Waals surface area contributed by atoms with Crippen LogP contribution in [0.2, 0.25) is 0 Å². The van der Waals surface area contributed by atoms with Crippen molar-refractivity contribution in [3.8, 4) is 11.5 Å². The molecule has 0 saturated carbocycles. The Morgan fingerprint density at radius 3 is 2.68 bits per heavy atom. The van der Waals surface area contributed by atoms with Crippen LogP contribution < -0.4 is 15.2 Å². The van der Waals surface area contributed by atoms with E-state index in [4.69, 9.17) is 15.2 Å². The van der Waals surface area contributed by atoms with Gasteiger partial charge < -0.3 is 15.2 Å². The number of hydrogen-bond donors (Lipinski definition) is 1. The number of halogens is 1. The lowest BCUT2D eigenvalue weighted by Crippen LogP contribution is -2.17. The molecule has 0 bridgehead atoms. The summed E-state index contributed by atoms with van der Waals surface area (Å²) in [6.07, 6.45) is 1.71. The number of hydrogen-bond acceptors (Lipinski definition) is 3. The molecule has 0 aliphatic rings. The first kappa shape index (κ1) is 16.1. The predicted octanol–water partition coefficient (Wildman–Crippen LogP) is 3.69. The van der Waals surface area contributed by atoms with Crippen molar-refractivity contribution >= 4 is 15.9 Å². The Morgan fingerprint density at radius 1 is 1.47 bits per heavy atom. The van der Waals surface area contributed by atoms with Gasteiger partial charge in [0.15, 0.2) is 11.5 Å². The molecule has 4 heteroatoms. The van der Waals surface area contributed by atoms with Gasteiger partial charge in [0.05, 0.1) is 11.6 Å². The van der Waals surface area contributed by atoms with Gasteiger partial charge >= 0.3 is 0 Å². The minimum atomic E-state index is 0.114. The first-order valence-electron chi connectivity index (χ1n) is 6.39. The van der Waals surface area contributed by atoms with Crippen LogP contribution in [0.5, 0.6) is 11.5 Å². The van der Waals surface area contributed by atoms with Crippen molar-refractivity contribution in [1.82, 2.24) is 0 Å². The molecule has 1 rings (SSSR count). The van der Waals surface area contributed by atoms with Crippen molar-refractivity contribution in [1.29, 1.82) is 0 Å². The van der Waals surface area contributed by atoms with E-state index in [1.807, 2.05) is 19.1 Å². The lowest BCUT2D eigenvalue weighted by Gasteiger charge is -2.15. The molecule has 0 aromatic heterocycles. The zero-order valence-electron chi connectivity index (χ0n) is 11.8. The van der Waals surface area contributed by atoms with Gasteiger partial charge in [0, 0.05) is 6.04 Å². The fraction of sp³-hybridized carbons (Fsp3) is 0.467. The van der Waals surface area contributed by atoms with Crippen LogP contribution in [0.15, 0.2) is 28.8 Å². The van der Waals surface area contributed by atoms with Crippen LogP contribution in [-0.4, -0.2) is 19.8 Å². The molecule has 0 heterocycles. The standard InChI is InChI=1S/C15H22BrNO2/c1-5-10(2)9-19-15-13(16)7-12(6-11(3)17)8-14(15)18-4/h7-8,11H,2,5-6,9,17H2,1,3-4H3. The van der Waals surface area contributed by atoms with Crippen LogP contribution in [0, 0.1) is 0 Å². The fourth-order valence-corrected chi connectivity index (χ4v) is 2.28. The minimum Gasteiger partial charge on any atom is -0.493 e. The fourth-order valence-electron chi connectivity index (χ4n) is 1.68. The van der Waals surface area contributed by atoms with Gasteiger partial charge in [-0.05, 0) is 59.0 Å². The second kappa shape index (κ2) is 7.56. The van der Waals surface area contributed by atoms with Crippen LogP contribution in [0.25, 0.3) is 0 Å². The van der Waals surface area contributed by atoms with E-state index in [2.05, 4.69) is 29.4 Å². The Labute approximate surface area is 123 Å². The van der Waals surface area contributed by atoms with Crippen LogP contribution >= 0.6 is 15.9 Å². The molecule has 0 amide bonds. The van der Waals surface area contributed by atoms with E-state index in [0.717, 1.165) is 28.5 Å². The van der Waals surface area contributed by atoms with E-state index in [-0.39, 0.29) is 6.04 Å². The van der Waals surface area contributed by atoms with Crippen molar-refractivity contribution in [3.05, 3.63) is 34.3 Å². The van der Waals surface area contributed by atoms with E-state index in [1.165, 1.54) is 0 Å². The van der Waals surface area contributed by atoms with E-state index in [1.54, 1.807) is 7.11 Å². The van der Waals surface area contributed by atoms with Gasteiger partial charge in [0.25, 0.3) is 0 Å². The Hall–Kier alpha value is -1.00. The number of rotatable bonds is 7. The summed E-state index contributed by atoms with van der Waals surface area (Å²) in [5.74, 6) is 1.43. The molecule has 0 aliphatic heterocycles. The van der Waals surface area contributed by atoms with E-state index in [9.17, 15) is 0 Å². The van der Waals surface area contributed by atoms with Crippen LogP contribution in [0.3, 0.4) is 0 Å². The molecule has 106 valence electrons. The molecule has 1 unspecified atom stereocenters. The first-order valence-corrected chi connectivity index (χ1v) is 7.18. The van der Waals surface area contributed by atoms with Gasteiger partial charge in [0.1, 0.15) is 6.61 Å². The van der Waals surface area contributed by atoms with Crippen molar-refractivity contribution in [3.63, 3.8) is 0 Å². The number of nitrogens with two attached hydrogens (primary N) is 1. The summed E-state index contributed by atoms with van der Waals surface area (Å²) in [6, 6.07) is 4.11. The molecule has 3 nitrogen and oxygen atoms in total. The van der Waals surface area contributed by atoms with Crippen molar-refractivity contribution in [2.75, 3.05) is 13.7 Å². The monoisotopic (exact) mass is 327 g/mol. The molecule has 1 aromatic rings. The van der Waals surface area contributed by atoms with Gasteiger partial charge in [-0.1, -0.05) is 13.5 Å². The molecule has 2 N–H and O–H groups in total. The van der Waals surface area contributed by atoms with Crippen molar-refractivity contribution in [2.24, 2.45) is 5.73 Å². The Kier molecular flexibility index (Phi) is 6.38. The normalized spacial score (nSPS) is 12.1. The molecular weight excluding hydrogens is 306 g/mol. The van der Waals surface area contributed by atoms with Crippen molar-refractivity contribution < 1.29 is 9.47 Å². The average molecular weight is 328 g/mol. The van der Waals surface area contributed by atoms with Crippen LogP contribution in [-0.2, 0) is 6.42 Å². The maximum absolute atomic E-state index is 5.82. The molecule has 0 spiro atoms. The SMILES string of the molecule is C=C(CC)COc1c(Br)cc(CC(C)N)cc1OC. The van der Waals surface area contributed by atoms with E-state index < -0.39 is 0 Å². The second-order valence-corrected chi connectivity index (χ2v) is 5.54. The maximum atomic E-state index is 5.82. The number of benzene rings is 1. The minimum absolute atomic E-state index is 0.114. The lowest BCUT2D eigenvalue weighted by atomic mass is 10.1. The van der Waals surface area contributed by atoms with Gasteiger partial charge in [-0.15, -0.1) is 0 Å². The summed E-state index contributed by atoms with van der Waals surface area (Å²) < 4.78 is 12.0. The summed E-state index contributed by atoms with van der Waals surface area (Å²) in [4.78, 5) is 0. The highest BCUT2D eigenvalue weighted by atomic mass is 79.9. The van der Waals surface area contributed by atoms with Gasteiger partial charge in [0.2, 0.25) is 0 Å². The van der Waals surface area contributed by atoms with Crippen LogP contribution in [0.1, 0.15) is 25.8 Å².